The average Bonchev–Trinajstić information content (AvgIpc) is 2.50. The highest BCUT2D eigenvalue weighted by Gasteiger charge is 2.51. The van der Waals surface area contributed by atoms with Crippen LogP contribution in [0.4, 0.5) is 0 Å². The van der Waals surface area contributed by atoms with Gasteiger partial charge in [-0.05, 0) is 89.5 Å². The Morgan fingerprint density at radius 2 is 1.52 bits per heavy atom. The molecule has 0 aromatic carbocycles. The Hall–Kier alpha value is -1.10. The zero-order valence-electron chi connectivity index (χ0n) is 15.8. The average molecular weight is 360 g/mol. The van der Waals surface area contributed by atoms with Gasteiger partial charge in [-0.1, -0.05) is 11.8 Å². The maximum atomic E-state index is 12.9. The third-order valence-electron chi connectivity index (χ3n) is 6.69. The van der Waals surface area contributed by atoms with Gasteiger partial charge in [0.25, 0.3) is 0 Å². The minimum atomic E-state index is -0.158. The molecule has 4 nitrogen and oxygen atoms in total. The molecule has 4 fully saturated rings. The van der Waals surface area contributed by atoms with Crippen molar-refractivity contribution in [2.45, 2.75) is 82.2 Å². The van der Waals surface area contributed by atoms with Crippen LogP contribution >= 0.6 is 11.8 Å². The summed E-state index contributed by atoms with van der Waals surface area (Å²) in [6.45, 7) is 8.04. The lowest BCUT2D eigenvalue weighted by molar-refractivity contribution is -0.126. The fourth-order valence-corrected chi connectivity index (χ4v) is 6.49. The number of amides is 1. The van der Waals surface area contributed by atoms with E-state index in [0.717, 1.165) is 34.7 Å². The lowest BCUT2D eigenvalue weighted by atomic mass is 9.53. The number of nitrogens with zero attached hydrogens (tertiary/aromatic N) is 2. The topological polar surface area (TPSA) is 54.9 Å². The second-order valence-corrected chi connectivity index (χ2v) is 10.1. The van der Waals surface area contributed by atoms with E-state index in [1.54, 1.807) is 0 Å². The Bertz CT molecular complexity index is 644. The third-order valence-corrected chi connectivity index (χ3v) is 7.65. The Morgan fingerprint density at radius 1 is 1.04 bits per heavy atom. The van der Waals surface area contributed by atoms with E-state index in [2.05, 4.69) is 15.3 Å². The molecule has 4 bridgehead atoms. The molecule has 5 heteroatoms. The highest BCUT2D eigenvalue weighted by molar-refractivity contribution is 8.00. The number of nitrogens with one attached hydrogen (secondary N) is 1. The van der Waals surface area contributed by atoms with Gasteiger partial charge in [0, 0.05) is 16.9 Å². The van der Waals surface area contributed by atoms with Crippen LogP contribution in [0.2, 0.25) is 0 Å². The molecule has 4 saturated carbocycles. The molecule has 0 radical (unpaired) electrons. The van der Waals surface area contributed by atoms with Gasteiger partial charge in [0.2, 0.25) is 5.91 Å². The first-order valence-corrected chi connectivity index (χ1v) is 10.5. The zero-order valence-corrected chi connectivity index (χ0v) is 16.6. The molecular weight excluding hydrogens is 330 g/mol. The number of aromatic nitrogens is 2. The Balaban J connectivity index is 1.43. The lowest BCUT2D eigenvalue weighted by Crippen LogP contribution is -2.60. The van der Waals surface area contributed by atoms with Crippen LogP contribution in [0.1, 0.15) is 62.4 Å². The Labute approximate surface area is 155 Å². The molecule has 0 spiro atoms. The van der Waals surface area contributed by atoms with Crippen molar-refractivity contribution in [3.8, 4) is 0 Å². The van der Waals surface area contributed by atoms with Gasteiger partial charge in [0.05, 0.1) is 5.25 Å². The monoisotopic (exact) mass is 359 g/mol. The Kier molecular flexibility index (Phi) is 4.33. The van der Waals surface area contributed by atoms with Crippen LogP contribution in [0.15, 0.2) is 5.16 Å². The van der Waals surface area contributed by atoms with E-state index in [0.29, 0.717) is 5.16 Å². The summed E-state index contributed by atoms with van der Waals surface area (Å²) in [6.07, 6.45) is 7.78. The van der Waals surface area contributed by atoms with Gasteiger partial charge in [-0.25, -0.2) is 9.97 Å². The van der Waals surface area contributed by atoms with Crippen LogP contribution in [0.5, 0.6) is 0 Å². The minimum absolute atomic E-state index is 0.0839. The van der Waals surface area contributed by atoms with Crippen molar-refractivity contribution in [3.05, 3.63) is 17.0 Å². The Morgan fingerprint density at radius 3 is 2.00 bits per heavy atom. The van der Waals surface area contributed by atoms with Crippen LogP contribution in [0.3, 0.4) is 0 Å². The molecule has 0 unspecified atom stereocenters. The number of rotatable bonds is 4. The first-order valence-electron chi connectivity index (χ1n) is 9.64. The predicted octanol–water partition coefficient (Wildman–Crippen LogP) is 3.97. The predicted molar refractivity (Wildman–Crippen MR) is 101 cm³/mol. The summed E-state index contributed by atoms with van der Waals surface area (Å²) in [7, 11) is 0. The van der Waals surface area contributed by atoms with Gasteiger partial charge in [0.15, 0.2) is 5.16 Å². The number of hydrogen-bond acceptors (Lipinski definition) is 4. The number of aryl methyl sites for hydroxylation is 2. The van der Waals surface area contributed by atoms with E-state index >= 15 is 0 Å². The normalized spacial score (nSPS) is 34.2. The van der Waals surface area contributed by atoms with Crippen molar-refractivity contribution in [1.82, 2.24) is 15.3 Å². The minimum Gasteiger partial charge on any atom is -0.350 e. The summed E-state index contributed by atoms with van der Waals surface area (Å²) >= 11 is 1.48. The second-order valence-electron chi connectivity index (χ2n) is 8.75. The number of carbonyl (C=O) groups is 1. The van der Waals surface area contributed by atoms with Crippen molar-refractivity contribution in [2.75, 3.05) is 0 Å². The molecule has 0 saturated heterocycles. The highest BCUT2D eigenvalue weighted by Crippen LogP contribution is 2.55. The van der Waals surface area contributed by atoms with E-state index in [1.165, 1.54) is 50.3 Å². The molecule has 1 amide bonds. The van der Waals surface area contributed by atoms with E-state index in [9.17, 15) is 4.79 Å². The summed E-state index contributed by atoms with van der Waals surface area (Å²) in [6, 6.07) is 0. The summed E-state index contributed by atoms with van der Waals surface area (Å²) in [5.74, 6) is 2.70. The van der Waals surface area contributed by atoms with Gasteiger partial charge < -0.3 is 5.32 Å². The molecule has 4 aliphatic carbocycles. The van der Waals surface area contributed by atoms with Gasteiger partial charge in [-0.3, -0.25) is 4.79 Å². The summed E-state index contributed by atoms with van der Waals surface area (Å²) in [4.78, 5) is 22.0. The van der Waals surface area contributed by atoms with Crippen LogP contribution in [-0.2, 0) is 4.79 Å². The number of hydrogen-bond donors (Lipinski definition) is 1. The SMILES string of the molecule is Cc1nc(S[C@@H](C)C(=O)NC23CC4CC(CC(C4)C2)C3)nc(C)c1C. The van der Waals surface area contributed by atoms with Crippen molar-refractivity contribution in [1.29, 1.82) is 0 Å². The van der Waals surface area contributed by atoms with Gasteiger partial charge in [-0.2, -0.15) is 0 Å². The first kappa shape index (κ1) is 17.3. The number of carbonyl (C=O) groups excluding carboxylic acids is 1. The fourth-order valence-electron chi connectivity index (χ4n) is 5.63. The van der Waals surface area contributed by atoms with Gasteiger partial charge in [-0.15, -0.1) is 0 Å². The van der Waals surface area contributed by atoms with Gasteiger partial charge in [0.1, 0.15) is 0 Å². The van der Waals surface area contributed by atoms with Crippen LogP contribution in [0.25, 0.3) is 0 Å². The summed E-state index contributed by atoms with van der Waals surface area (Å²) in [5.41, 5.74) is 3.23. The van der Waals surface area contributed by atoms with Crippen molar-refractivity contribution in [3.63, 3.8) is 0 Å². The molecular formula is C20H29N3OS. The molecule has 1 N–H and O–H groups in total. The van der Waals surface area contributed by atoms with Crippen LogP contribution in [-0.4, -0.2) is 26.7 Å². The van der Waals surface area contributed by atoms with E-state index in [-0.39, 0.29) is 16.7 Å². The van der Waals surface area contributed by atoms with E-state index < -0.39 is 0 Å². The van der Waals surface area contributed by atoms with Crippen molar-refractivity contribution >= 4 is 17.7 Å². The van der Waals surface area contributed by atoms with Gasteiger partial charge >= 0.3 is 0 Å². The van der Waals surface area contributed by atoms with Crippen molar-refractivity contribution < 1.29 is 4.79 Å². The molecule has 5 rings (SSSR count). The first-order chi connectivity index (χ1) is 11.8. The zero-order chi connectivity index (χ0) is 17.8. The van der Waals surface area contributed by atoms with Crippen molar-refractivity contribution in [2.24, 2.45) is 17.8 Å². The molecule has 136 valence electrons. The maximum Gasteiger partial charge on any atom is 0.233 e. The molecule has 1 heterocycles. The smallest absolute Gasteiger partial charge is 0.233 e. The van der Waals surface area contributed by atoms with E-state index in [4.69, 9.17) is 0 Å². The third kappa shape index (κ3) is 3.32. The second kappa shape index (κ2) is 6.26. The van der Waals surface area contributed by atoms with E-state index in [1.807, 2.05) is 27.7 Å². The summed E-state index contributed by atoms with van der Waals surface area (Å²) < 4.78 is 0. The molecule has 4 aliphatic rings. The molecule has 1 atom stereocenters. The summed E-state index contributed by atoms with van der Waals surface area (Å²) in [5, 5.41) is 4.03. The molecule has 1 aromatic rings. The quantitative estimate of drug-likeness (QED) is 0.653. The lowest BCUT2D eigenvalue weighted by Gasteiger charge is -2.57. The molecule has 1 aromatic heterocycles. The van der Waals surface area contributed by atoms with Crippen LogP contribution in [0, 0.1) is 38.5 Å². The molecule has 25 heavy (non-hydrogen) atoms. The fraction of sp³-hybridized carbons (Fsp3) is 0.750. The number of thioether (sulfide) groups is 1. The molecule has 0 aliphatic heterocycles. The highest BCUT2D eigenvalue weighted by atomic mass is 32.2. The largest absolute Gasteiger partial charge is 0.350 e. The maximum absolute atomic E-state index is 12.9. The standard InChI is InChI=1S/C20H29N3OS/c1-11-12(2)21-19(22-13(11)3)25-14(4)18(24)23-20-8-15-5-16(9-20)7-17(6-15)10-20/h14-17H,5-10H2,1-4H3,(H,23,24)/t14-,15?,16?,17?,20?/m0/s1. The van der Waals surface area contributed by atoms with Crippen LogP contribution < -0.4 is 5.32 Å².